The highest BCUT2D eigenvalue weighted by Crippen LogP contribution is 2.47. The average Bonchev–Trinajstić information content (AvgIpc) is 3.27. The van der Waals surface area contributed by atoms with Gasteiger partial charge in [0, 0.05) is 17.4 Å². The van der Waals surface area contributed by atoms with E-state index in [1.54, 1.807) is 41.7 Å². The van der Waals surface area contributed by atoms with E-state index in [0.717, 1.165) is 11.3 Å². The predicted octanol–water partition coefficient (Wildman–Crippen LogP) is 3.79. The maximum atomic E-state index is 13.4. The van der Waals surface area contributed by atoms with Crippen molar-refractivity contribution in [2.75, 3.05) is 9.96 Å². The number of hydroxylamine groups is 1. The van der Waals surface area contributed by atoms with Crippen molar-refractivity contribution in [2.24, 2.45) is 5.92 Å². The summed E-state index contributed by atoms with van der Waals surface area (Å²) in [5, 5.41) is 2.20. The van der Waals surface area contributed by atoms with Crippen LogP contribution in [0.5, 0.6) is 0 Å². The van der Waals surface area contributed by atoms with Crippen LogP contribution in [0.1, 0.15) is 11.6 Å². The van der Waals surface area contributed by atoms with Crippen molar-refractivity contribution in [2.45, 2.75) is 12.1 Å². The number of nitrogens with zero attached hydrogens (tertiary/aromatic N) is 3. The molecule has 2 aliphatic heterocycles. The number of pyridine rings is 1. The summed E-state index contributed by atoms with van der Waals surface area (Å²) in [5.74, 6) is -1.33. The molecule has 7 heteroatoms. The van der Waals surface area contributed by atoms with Crippen LogP contribution in [0.4, 0.5) is 11.4 Å². The molecule has 0 saturated carbocycles. The number of anilines is 2. The number of halogens is 1. The number of amides is 2. The summed E-state index contributed by atoms with van der Waals surface area (Å²) in [6.07, 6.45) is 2.45. The Morgan fingerprint density at radius 1 is 0.828 bits per heavy atom. The lowest BCUT2D eigenvalue weighted by atomic mass is 9.91. The van der Waals surface area contributed by atoms with E-state index in [2.05, 4.69) is 4.98 Å². The van der Waals surface area contributed by atoms with Crippen molar-refractivity contribution in [1.29, 1.82) is 0 Å². The van der Waals surface area contributed by atoms with Crippen molar-refractivity contribution < 1.29 is 14.4 Å². The Hall–Kier alpha value is -3.22. The standard InChI is InChI=1S/C22H16ClN3O3/c23-15-6-8-16(9-7-15)25-21(27)18-19(14-10-12-24-13-11-14)26(29-20(18)22(25)28)17-4-2-1-3-5-17/h1-13,18-20H/t18-,19+,20-/m1/s1. The lowest BCUT2D eigenvalue weighted by Crippen LogP contribution is -2.37. The summed E-state index contributed by atoms with van der Waals surface area (Å²) in [7, 11) is 0. The fourth-order valence-electron chi connectivity index (χ4n) is 3.96. The van der Waals surface area contributed by atoms with Crippen LogP contribution >= 0.6 is 11.6 Å². The Bertz CT molecular complexity index is 1060. The average molecular weight is 406 g/mol. The van der Waals surface area contributed by atoms with Crippen LogP contribution in [0.15, 0.2) is 79.1 Å². The zero-order chi connectivity index (χ0) is 20.0. The first-order valence-corrected chi connectivity index (χ1v) is 9.57. The van der Waals surface area contributed by atoms with Crippen LogP contribution in [0.3, 0.4) is 0 Å². The monoisotopic (exact) mass is 405 g/mol. The largest absolute Gasteiger partial charge is 0.273 e. The molecular formula is C22H16ClN3O3. The number of hydrogen-bond donors (Lipinski definition) is 0. The first-order valence-electron chi connectivity index (χ1n) is 9.19. The number of imide groups is 1. The number of para-hydroxylation sites is 1. The molecule has 0 radical (unpaired) electrons. The van der Waals surface area contributed by atoms with Gasteiger partial charge in [-0.3, -0.25) is 19.4 Å². The maximum Gasteiger partial charge on any atom is 0.266 e. The molecule has 29 heavy (non-hydrogen) atoms. The molecule has 2 aromatic carbocycles. The minimum atomic E-state index is -0.892. The normalized spacial score (nSPS) is 23.6. The molecule has 5 rings (SSSR count). The second kappa shape index (κ2) is 6.99. The maximum absolute atomic E-state index is 13.4. The Morgan fingerprint density at radius 2 is 1.52 bits per heavy atom. The first kappa shape index (κ1) is 17.8. The van der Waals surface area contributed by atoms with Crippen LogP contribution < -0.4 is 9.96 Å². The van der Waals surface area contributed by atoms with Gasteiger partial charge >= 0.3 is 0 Å². The lowest BCUT2D eigenvalue weighted by molar-refractivity contribution is -0.126. The Labute approximate surface area is 172 Å². The van der Waals surface area contributed by atoms with Gasteiger partial charge in [0.1, 0.15) is 5.92 Å². The van der Waals surface area contributed by atoms with Gasteiger partial charge in [-0.2, -0.15) is 0 Å². The summed E-state index contributed by atoms with van der Waals surface area (Å²) >= 11 is 5.95. The molecule has 0 unspecified atom stereocenters. The van der Waals surface area contributed by atoms with Crippen LogP contribution in [0.2, 0.25) is 5.02 Å². The van der Waals surface area contributed by atoms with Gasteiger partial charge in [0.05, 0.1) is 17.4 Å². The van der Waals surface area contributed by atoms with Gasteiger partial charge in [-0.05, 0) is 54.1 Å². The zero-order valence-electron chi connectivity index (χ0n) is 15.2. The fraction of sp³-hybridized carbons (Fsp3) is 0.136. The van der Waals surface area contributed by atoms with Gasteiger partial charge in [-0.1, -0.05) is 29.8 Å². The smallest absolute Gasteiger partial charge is 0.266 e. The molecule has 0 bridgehead atoms. The van der Waals surface area contributed by atoms with E-state index < -0.39 is 18.1 Å². The summed E-state index contributed by atoms with van der Waals surface area (Å²) < 4.78 is 0. The van der Waals surface area contributed by atoms with Crippen molar-refractivity contribution in [3.05, 3.63) is 89.7 Å². The SMILES string of the molecule is O=C1[C@H]2[C@@H](ON(c3ccccc3)[C@H]2c2ccncc2)C(=O)N1c1ccc(Cl)cc1. The van der Waals surface area contributed by atoms with E-state index in [0.29, 0.717) is 10.7 Å². The van der Waals surface area contributed by atoms with Crippen molar-refractivity contribution in [1.82, 2.24) is 4.98 Å². The molecule has 0 spiro atoms. The third-order valence-corrected chi connectivity index (χ3v) is 5.51. The number of benzene rings is 2. The molecule has 0 N–H and O–H groups in total. The lowest BCUT2D eigenvalue weighted by Gasteiger charge is -2.28. The second-order valence-electron chi connectivity index (χ2n) is 6.93. The molecular weight excluding hydrogens is 390 g/mol. The third-order valence-electron chi connectivity index (χ3n) is 5.26. The van der Waals surface area contributed by atoms with Gasteiger partial charge in [-0.25, -0.2) is 9.96 Å². The molecule has 3 aromatic rings. The van der Waals surface area contributed by atoms with Crippen molar-refractivity contribution in [3.8, 4) is 0 Å². The van der Waals surface area contributed by atoms with Gasteiger partial charge in [0.15, 0.2) is 6.10 Å². The summed E-state index contributed by atoms with van der Waals surface area (Å²) in [6.45, 7) is 0. The van der Waals surface area contributed by atoms with Crippen LogP contribution in [0.25, 0.3) is 0 Å². The highest BCUT2D eigenvalue weighted by molar-refractivity contribution is 6.31. The van der Waals surface area contributed by atoms with Crippen LogP contribution in [-0.2, 0) is 14.4 Å². The Balaban J connectivity index is 1.58. The van der Waals surface area contributed by atoms with Gasteiger partial charge < -0.3 is 0 Å². The zero-order valence-corrected chi connectivity index (χ0v) is 15.9. The molecule has 3 atom stereocenters. The minimum Gasteiger partial charge on any atom is -0.273 e. The van der Waals surface area contributed by atoms with Crippen LogP contribution in [0, 0.1) is 5.92 Å². The molecule has 2 fully saturated rings. The molecule has 1 aromatic heterocycles. The van der Waals surface area contributed by atoms with Gasteiger partial charge in [0.2, 0.25) is 5.91 Å². The number of hydrogen-bond acceptors (Lipinski definition) is 5. The number of aromatic nitrogens is 1. The number of carbonyl (C=O) groups is 2. The Morgan fingerprint density at radius 3 is 2.21 bits per heavy atom. The quantitative estimate of drug-likeness (QED) is 0.620. The van der Waals surface area contributed by atoms with E-state index in [1.807, 2.05) is 42.5 Å². The summed E-state index contributed by atoms with van der Waals surface area (Å²) in [6, 6.07) is 19.3. The van der Waals surface area contributed by atoms with E-state index >= 15 is 0 Å². The molecule has 2 amide bonds. The third kappa shape index (κ3) is 2.88. The summed E-state index contributed by atoms with van der Waals surface area (Å²) in [4.78, 5) is 37.9. The predicted molar refractivity (Wildman–Crippen MR) is 108 cm³/mol. The Kier molecular flexibility index (Phi) is 4.30. The highest BCUT2D eigenvalue weighted by atomic mass is 35.5. The molecule has 2 aliphatic rings. The molecule has 0 aliphatic carbocycles. The topological polar surface area (TPSA) is 62.7 Å². The van der Waals surface area contributed by atoms with Crippen molar-refractivity contribution in [3.63, 3.8) is 0 Å². The van der Waals surface area contributed by atoms with E-state index in [9.17, 15) is 9.59 Å². The summed E-state index contributed by atoms with van der Waals surface area (Å²) in [5.41, 5.74) is 2.12. The molecule has 2 saturated heterocycles. The first-order chi connectivity index (χ1) is 14.1. The van der Waals surface area contributed by atoms with Gasteiger partial charge in [-0.15, -0.1) is 0 Å². The second-order valence-corrected chi connectivity index (χ2v) is 7.36. The fourth-order valence-corrected chi connectivity index (χ4v) is 4.08. The number of fused-ring (bicyclic) bond motifs is 1. The molecule has 6 nitrogen and oxygen atoms in total. The highest BCUT2D eigenvalue weighted by Gasteiger charge is 2.60. The number of rotatable bonds is 3. The molecule has 144 valence electrons. The van der Waals surface area contributed by atoms with E-state index in [-0.39, 0.29) is 11.8 Å². The van der Waals surface area contributed by atoms with E-state index in [1.165, 1.54) is 4.90 Å². The molecule has 3 heterocycles. The number of carbonyl (C=O) groups excluding carboxylic acids is 2. The minimum absolute atomic E-state index is 0.289. The van der Waals surface area contributed by atoms with Gasteiger partial charge in [0.25, 0.3) is 5.91 Å². The van der Waals surface area contributed by atoms with Crippen LogP contribution in [-0.4, -0.2) is 22.9 Å². The van der Waals surface area contributed by atoms with Crippen molar-refractivity contribution >= 4 is 34.8 Å². The van der Waals surface area contributed by atoms with E-state index in [4.69, 9.17) is 16.4 Å².